The van der Waals surface area contributed by atoms with Crippen molar-refractivity contribution >= 4 is 0 Å². The van der Waals surface area contributed by atoms with Crippen molar-refractivity contribution in [3.63, 3.8) is 0 Å². The summed E-state index contributed by atoms with van der Waals surface area (Å²) in [6.07, 6.45) is 0.0607. The van der Waals surface area contributed by atoms with Crippen LogP contribution in [0.5, 0.6) is 0 Å². The van der Waals surface area contributed by atoms with Gasteiger partial charge in [0.25, 0.3) is 0 Å². The molecule has 6 nitrogen and oxygen atoms in total. The molecule has 0 saturated heterocycles. The summed E-state index contributed by atoms with van der Waals surface area (Å²) < 4.78 is 4.95. The highest BCUT2D eigenvalue weighted by molar-refractivity contribution is 4.93. The third-order valence-electron chi connectivity index (χ3n) is 1.23. The number of hydrogen-bond acceptors (Lipinski definition) is 6. The zero-order valence-corrected chi connectivity index (χ0v) is 6.27. The fourth-order valence-corrected chi connectivity index (χ4v) is 0.634. The zero-order valence-electron chi connectivity index (χ0n) is 6.27. The molecular formula is C6H8N4O2. The number of nitrogens with zero attached hydrogens (tertiary/aromatic N) is 3. The van der Waals surface area contributed by atoms with Crippen molar-refractivity contribution in [3.05, 3.63) is 11.8 Å². The molecular weight excluding hydrogens is 160 g/mol. The Kier molecular flexibility index (Phi) is 2.74. The van der Waals surface area contributed by atoms with Gasteiger partial charge in [0.05, 0.1) is 12.7 Å². The van der Waals surface area contributed by atoms with E-state index in [1.165, 1.54) is 0 Å². The van der Waals surface area contributed by atoms with Gasteiger partial charge in [-0.1, -0.05) is 0 Å². The molecule has 0 aliphatic rings. The Bertz CT molecular complexity index is 290. The van der Waals surface area contributed by atoms with E-state index in [2.05, 4.69) is 10.2 Å². The van der Waals surface area contributed by atoms with Crippen LogP contribution in [0.25, 0.3) is 0 Å². The summed E-state index contributed by atoms with van der Waals surface area (Å²) in [5.74, 6) is 0.374. The number of aliphatic hydroxyl groups excluding tert-OH is 1. The van der Waals surface area contributed by atoms with E-state index in [4.69, 9.17) is 20.5 Å². The predicted molar refractivity (Wildman–Crippen MR) is 37.6 cm³/mol. The predicted octanol–water partition coefficient (Wildman–Crippen LogP) is -0.872. The molecule has 1 aromatic rings. The molecule has 64 valence electrons. The summed E-state index contributed by atoms with van der Waals surface area (Å²) in [4.78, 5) is 0. The Labute approximate surface area is 68.6 Å². The number of aliphatic hydroxyl groups is 1. The maximum atomic E-state index is 8.61. The molecule has 6 heteroatoms. The highest BCUT2D eigenvalue weighted by Crippen LogP contribution is 2.07. The van der Waals surface area contributed by atoms with Gasteiger partial charge in [-0.15, -0.1) is 10.2 Å². The third kappa shape index (κ3) is 1.78. The first kappa shape index (κ1) is 8.64. The number of aromatic nitrogens is 2. The lowest BCUT2D eigenvalue weighted by Gasteiger charge is -1.98. The Hall–Kier alpha value is -1.45. The fraction of sp³-hybridized carbons (Fsp3) is 0.500. The van der Waals surface area contributed by atoms with E-state index < -0.39 is 6.04 Å². The lowest BCUT2D eigenvalue weighted by molar-refractivity contribution is 0.246. The summed E-state index contributed by atoms with van der Waals surface area (Å²) >= 11 is 0. The van der Waals surface area contributed by atoms with Gasteiger partial charge in [-0.25, -0.2) is 0 Å². The highest BCUT2D eigenvalue weighted by atomic mass is 16.4. The number of nitrogens with two attached hydrogens (primary N) is 1. The Morgan fingerprint density at radius 2 is 2.42 bits per heavy atom. The lowest BCUT2D eigenvalue weighted by atomic mass is 10.3. The van der Waals surface area contributed by atoms with E-state index in [1.807, 2.05) is 6.07 Å². The minimum Gasteiger partial charge on any atom is -0.422 e. The molecule has 12 heavy (non-hydrogen) atoms. The second-order valence-electron chi connectivity index (χ2n) is 2.16. The van der Waals surface area contributed by atoms with Crippen molar-refractivity contribution in [1.82, 2.24) is 10.2 Å². The standard InChI is InChI=1S/C6H8N4O2/c7-2-1-5-9-10-6(12-5)4(8)3-11/h4,11H,1,3,8H2/t4-/m1/s1. The topological polar surface area (TPSA) is 109 Å². The van der Waals surface area contributed by atoms with E-state index in [9.17, 15) is 0 Å². The van der Waals surface area contributed by atoms with E-state index >= 15 is 0 Å². The van der Waals surface area contributed by atoms with Crippen molar-refractivity contribution < 1.29 is 9.52 Å². The van der Waals surface area contributed by atoms with E-state index in [0.29, 0.717) is 0 Å². The average Bonchev–Trinajstić information content (AvgIpc) is 2.52. The van der Waals surface area contributed by atoms with Gasteiger partial charge in [-0.2, -0.15) is 5.26 Å². The van der Waals surface area contributed by atoms with Crippen LogP contribution in [0.15, 0.2) is 4.42 Å². The van der Waals surface area contributed by atoms with Crippen molar-refractivity contribution in [2.45, 2.75) is 12.5 Å². The SMILES string of the molecule is N#CCc1nnc([C@H](N)CO)o1. The van der Waals surface area contributed by atoms with Crippen LogP contribution in [0.1, 0.15) is 17.8 Å². The first-order chi connectivity index (χ1) is 5.77. The summed E-state index contributed by atoms with van der Waals surface area (Å²) in [6, 6.07) is 1.19. The maximum Gasteiger partial charge on any atom is 0.235 e. The van der Waals surface area contributed by atoms with Crippen molar-refractivity contribution in [2.75, 3.05) is 6.61 Å². The Balaban J connectivity index is 2.71. The summed E-state index contributed by atoms with van der Waals surface area (Å²) in [5.41, 5.74) is 5.37. The van der Waals surface area contributed by atoms with Gasteiger partial charge in [0.1, 0.15) is 12.5 Å². The lowest BCUT2D eigenvalue weighted by Crippen LogP contribution is -2.14. The second kappa shape index (κ2) is 3.80. The second-order valence-corrected chi connectivity index (χ2v) is 2.16. The number of nitriles is 1. The van der Waals surface area contributed by atoms with Gasteiger partial charge in [0.15, 0.2) is 0 Å². The van der Waals surface area contributed by atoms with Crippen LogP contribution in [0.4, 0.5) is 0 Å². The minimum atomic E-state index is -0.662. The van der Waals surface area contributed by atoms with Crippen LogP contribution < -0.4 is 5.73 Å². The van der Waals surface area contributed by atoms with E-state index in [-0.39, 0.29) is 24.8 Å². The van der Waals surface area contributed by atoms with Crippen LogP contribution in [-0.2, 0) is 6.42 Å². The largest absolute Gasteiger partial charge is 0.422 e. The number of rotatable bonds is 3. The normalized spacial score (nSPS) is 12.4. The molecule has 3 N–H and O–H groups in total. The molecule has 0 aromatic carbocycles. The fourth-order valence-electron chi connectivity index (χ4n) is 0.634. The van der Waals surface area contributed by atoms with Gasteiger partial charge in [-0.05, 0) is 0 Å². The average molecular weight is 168 g/mol. The summed E-state index contributed by atoms with van der Waals surface area (Å²) in [5, 5.41) is 24.0. The highest BCUT2D eigenvalue weighted by Gasteiger charge is 2.12. The molecule has 1 atom stereocenters. The summed E-state index contributed by atoms with van der Waals surface area (Å²) in [7, 11) is 0. The van der Waals surface area contributed by atoms with Crippen molar-refractivity contribution in [2.24, 2.45) is 5.73 Å². The first-order valence-electron chi connectivity index (χ1n) is 3.33. The molecule has 0 fully saturated rings. The molecule has 1 rings (SSSR count). The number of hydrogen-bond donors (Lipinski definition) is 2. The van der Waals surface area contributed by atoms with E-state index in [1.54, 1.807) is 0 Å². The van der Waals surface area contributed by atoms with Gasteiger partial charge < -0.3 is 15.3 Å². The summed E-state index contributed by atoms with van der Waals surface area (Å²) in [6.45, 7) is -0.256. The van der Waals surface area contributed by atoms with Gasteiger partial charge >= 0.3 is 0 Å². The van der Waals surface area contributed by atoms with E-state index in [0.717, 1.165) is 0 Å². The molecule has 0 amide bonds. The van der Waals surface area contributed by atoms with Crippen LogP contribution in [0, 0.1) is 11.3 Å². The maximum absolute atomic E-state index is 8.61. The van der Waals surface area contributed by atoms with Crippen LogP contribution in [0.2, 0.25) is 0 Å². The molecule has 0 radical (unpaired) electrons. The Morgan fingerprint density at radius 3 is 3.00 bits per heavy atom. The molecule has 0 spiro atoms. The minimum absolute atomic E-state index is 0.0607. The quantitative estimate of drug-likeness (QED) is 0.607. The van der Waals surface area contributed by atoms with Crippen molar-refractivity contribution in [1.29, 1.82) is 5.26 Å². The molecule has 0 saturated carbocycles. The molecule has 1 aromatic heterocycles. The van der Waals surface area contributed by atoms with Crippen molar-refractivity contribution in [3.8, 4) is 6.07 Å². The molecule has 1 heterocycles. The molecule has 0 bridgehead atoms. The van der Waals surface area contributed by atoms with Gasteiger partial charge in [0.2, 0.25) is 11.8 Å². The first-order valence-corrected chi connectivity index (χ1v) is 3.33. The van der Waals surface area contributed by atoms with Gasteiger partial charge in [-0.3, -0.25) is 0 Å². The van der Waals surface area contributed by atoms with Crippen LogP contribution in [0.3, 0.4) is 0 Å². The third-order valence-corrected chi connectivity index (χ3v) is 1.23. The molecule has 0 unspecified atom stereocenters. The smallest absolute Gasteiger partial charge is 0.235 e. The van der Waals surface area contributed by atoms with Crippen LogP contribution >= 0.6 is 0 Å². The van der Waals surface area contributed by atoms with Gasteiger partial charge in [0, 0.05) is 0 Å². The Morgan fingerprint density at radius 1 is 1.67 bits per heavy atom. The molecule has 0 aliphatic carbocycles. The molecule has 0 aliphatic heterocycles. The van der Waals surface area contributed by atoms with Crippen LogP contribution in [-0.4, -0.2) is 21.9 Å². The zero-order chi connectivity index (χ0) is 8.97. The monoisotopic (exact) mass is 168 g/mol.